The Morgan fingerprint density at radius 1 is 0.909 bits per heavy atom. The maximum atomic E-state index is 12.6. The minimum absolute atomic E-state index is 0.00102. The summed E-state index contributed by atoms with van der Waals surface area (Å²) in [5.74, 6) is -1.60. The molecule has 0 radical (unpaired) electrons. The number of rotatable bonds is 6. The Hall–Kier alpha value is -3.74. The first-order valence-electron chi connectivity index (χ1n) is 11.3. The van der Waals surface area contributed by atoms with Crippen LogP contribution in [0.15, 0.2) is 66.9 Å². The van der Waals surface area contributed by atoms with Crippen LogP contribution in [0.3, 0.4) is 0 Å². The maximum absolute atomic E-state index is 12.6. The van der Waals surface area contributed by atoms with E-state index < -0.39 is 5.97 Å². The number of benzene rings is 2. The molecule has 2 amide bonds. The Morgan fingerprint density at radius 3 is 2.15 bits per heavy atom. The van der Waals surface area contributed by atoms with E-state index in [0.717, 1.165) is 47.4 Å². The van der Waals surface area contributed by atoms with Crippen molar-refractivity contribution < 1.29 is 19.1 Å². The van der Waals surface area contributed by atoms with Gasteiger partial charge in [0.15, 0.2) is 0 Å². The summed E-state index contributed by atoms with van der Waals surface area (Å²) in [5, 5.41) is 4.71. The van der Waals surface area contributed by atoms with Crippen molar-refractivity contribution in [3.8, 4) is 16.9 Å². The molecule has 0 spiro atoms. The quantitative estimate of drug-likeness (QED) is 0.428. The third-order valence-electron chi connectivity index (χ3n) is 6.47. The molecule has 3 aromatic rings. The van der Waals surface area contributed by atoms with Crippen molar-refractivity contribution in [2.24, 2.45) is 11.8 Å². The summed E-state index contributed by atoms with van der Waals surface area (Å²) in [6.07, 6.45) is 5.18. The number of hydrogen-bond donors (Lipinski definition) is 0. The summed E-state index contributed by atoms with van der Waals surface area (Å²) in [7, 11) is 0. The molecule has 1 aromatic heterocycles. The van der Waals surface area contributed by atoms with E-state index in [1.807, 2.05) is 66.9 Å². The number of fused-ring (bicyclic) bond motifs is 1. The van der Waals surface area contributed by atoms with Crippen LogP contribution in [-0.4, -0.2) is 39.0 Å². The van der Waals surface area contributed by atoms with Gasteiger partial charge in [-0.3, -0.25) is 19.3 Å². The summed E-state index contributed by atoms with van der Waals surface area (Å²) in [6, 6.07) is 19.4. The highest BCUT2D eigenvalue weighted by Crippen LogP contribution is 2.37. The highest BCUT2D eigenvalue weighted by molar-refractivity contribution is 6.07. The molecule has 2 unspecified atom stereocenters. The minimum Gasteiger partial charge on any atom is -0.459 e. The van der Waals surface area contributed by atoms with Gasteiger partial charge < -0.3 is 4.74 Å². The first-order chi connectivity index (χ1) is 16.1. The fourth-order valence-corrected chi connectivity index (χ4v) is 4.79. The van der Waals surface area contributed by atoms with Crippen LogP contribution in [0.2, 0.25) is 0 Å². The third-order valence-corrected chi connectivity index (χ3v) is 6.47. The second-order valence-electron chi connectivity index (χ2n) is 8.57. The van der Waals surface area contributed by atoms with Crippen LogP contribution >= 0.6 is 0 Å². The van der Waals surface area contributed by atoms with Crippen molar-refractivity contribution in [3.05, 3.63) is 72.4 Å². The Balaban J connectivity index is 1.32. The highest BCUT2D eigenvalue weighted by Gasteiger charge is 2.48. The van der Waals surface area contributed by atoms with Gasteiger partial charge in [0.1, 0.15) is 13.2 Å². The van der Waals surface area contributed by atoms with Crippen LogP contribution in [-0.2, 0) is 25.7 Å². The largest absolute Gasteiger partial charge is 0.459 e. The zero-order chi connectivity index (χ0) is 22.8. The zero-order valence-electron chi connectivity index (χ0n) is 18.2. The average molecular weight is 444 g/mol. The first kappa shape index (κ1) is 21.1. The molecule has 5 rings (SSSR count). The highest BCUT2D eigenvalue weighted by atomic mass is 16.5. The maximum Gasteiger partial charge on any atom is 0.326 e. The van der Waals surface area contributed by atoms with Crippen LogP contribution in [0.5, 0.6) is 0 Å². The van der Waals surface area contributed by atoms with E-state index in [2.05, 4.69) is 0 Å². The van der Waals surface area contributed by atoms with Crippen molar-refractivity contribution in [3.63, 3.8) is 0 Å². The monoisotopic (exact) mass is 443 g/mol. The number of nitrogens with zero attached hydrogens (tertiary/aromatic N) is 3. The number of hydrogen-bond acceptors (Lipinski definition) is 5. The number of ether oxygens (including phenoxy) is 1. The number of likely N-dealkylation sites (tertiary alicyclic amines) is 1. The minimum atomic E-state index is -0.596. The van der Waals surface area contributed by atoms with Crippen molar-refractivity contribution in [1.29, 1.82) is 0 Å². The second kappa shape index (κ2) is 9.02. The third kappa shape index (κ3) is 4.18. The number of esters is 1. The molecule has 2 atom stereocenters. The smallest absolute Gasteiger partial charge is 0.326 e. The number of carbonyl (C=O) groups is 3. The van der Waals surface area contributed by atoms with Crippen LogP contribution in [0, 0.1) is 11.8 Å². The van der Waals surface area contributed by atoms with Crippen molar-refractivity contribution in [2.75, 3.05) is 6.54 Å². The SMILES string of the molecule is O=C(CN1C(=O)C2CCCCC2C1=O)OCc1cn(-c2ccccc2)nc1-c1ccccc1. The van der Waals surface area contributed by atoms with Crippen LogP contribution in [0.1, 0.15) is 31.2 Å². The topological polar surface area (TPSA) is 81.5 Å². The Kier molecular flexibility index (Phi) is 5.77. The van der Waals surface area contributed by atoms with E-state index in [0.29, 0.717) is 5.69 Å². The molecule has 2 aromatic carbocycles. The van der Waals surface area contributed by atoms with E-state index in [-0.39, 0.29) is 36.8 Å². The van der Waals surface area contributed by atoms with Gasteiger partial charge in [-0.15, -0.1) is 0 Å². The summed E-state index contributed by atoms with van der Waals surface area (Å²) < 4.78 is 7.27. The van der Waals surface area contributed by atoms with Crippen molar-refractivity contribution in [1.82, 2.24) is 14.7 Å². The molecule has 2 fully saturated rings. The van der Waals surface area contributed by atoms with Crippen LogP contribution in [0.25, 0.3) is 16.9 Å². The molecule has 0 bridgehead atoms. The van der Waals surface area contributed by atoms with Gasteiger partial charge in [-0.1, -0.05) is 61.4 Å². The molecule has 7 nitrogen and oxygen atoms in total. The lowest BCUT2D eigenvalue weighted by molar-refractivity contribution is -0.153. The van der Waals surface area contributed by atoms with Crippen LogP contribution < -0.4 is 0 Å². The Morgan fingerprint density at radius 2 is 1.52 bits per heavy atom. The second-order valence-corrected chi connectivity index (χ2v) is 8.57. The van der Waals surface area contributed by atoms with Gasteiger partial charge in [0.2, 0.25) is 11.8 Å². The summed E-state index contributed by atoms with van der Waals surface area (Å²) in [6.45, 7) is -0.336. The lowest BCUT2D eigenvalue weighted by Crippen LogP contribution is -2.36. The first-order valence-corrected chi connectivity index (χ1v) is 11.3. The normalized spacial score (nSPS) is 20.1. The van der Waals surface area contributed by atoms with Crippen LogP contribution in [0.4, 0.5) is 0 Å². The molecule has 1 aliphatic carbocycles. The Bertz CT molecular complexity index is 1150. The van der Waals surface area contributed by atoms with E-state index in [1.165, 1.54) is 0 Å². The lowest BCUT2D eigenvalue weighted by atomic mass is 9.81. The Labute approximate surface area is 192 Å². The predicted octanol–water partition coefficient (Wildman–Crippen LogP) is 3.76. The molecule has 2 heterocycles. The zero-order valence-corrected chi connectivity index (χ0v) is 18.2. The van der Waals surface area contributed by atoms with Gasteiger partial charge in [0, 0.05) is 17.3 Å². The molecule has 1 aliphatic heterocycles. The number of para-hydroxylation sites is 1. The van der Waals surface area contributed by atoms with E-state index >= 15 is 0 Å². The molecule has 33 heavy (non-hydrogen) atoms. The van der Waals surface area contributed by atoms with Gasteiger partial charge in [0.05, 0.1) is 23.2 Å². The van der Waals surface area contributed by atoms with Crippen molar-refractivity contribution >= 4 is 17.8 Å². The van der Waals surface area contributed by atoms with Gasteiger partial charge in [0.25, 0.3) is 0 Å². The van der Waals surface area contributed by atoms with E-state index in [9.17, 15) is 14.4 Å². The number of amides is 2. The average Bonchev–Trinajstić information content (AvgIpc) is 3.40. The molecule has 1 saturated heterocycles. The van der Waals surface area contributed by atoms with Gasteiger partial charge >= 0.3 is 5.97 Å². The van der Waals surface area contributed by atoms with Crippen molar-refractivity contribution in [2.45, 2.75) is 32.3 Å². The number of imide groups is 1. The predicted molar refractivity (Wildman–Crippen MR) is 121 cm³/mol. The van der Waals surface area contributed by atoms with E-state index in [4.69, 9.17) is 9.84 Å². The molecule has 1 saturated carbocycles. The molecule has 2 aliphatic rings. The standard InChI is InChI=1S/C26H25N3O4/c30-23(16-28-25(31)21-13-7-8-14-22(21)26(28)32)33-17-19-15-29(20-11-5-2-6-12-20)27-24(19)18-9-3-1-4-10-18/h1-6,9-12,15,21-22H,7-8,13-14,16-17H2. The number of aromatic nitrogens is 2. The lowest BCUT2D eigenvalue weighted by Gasteiger charge is -2.19. The molecule has 0 N–H and O–H groups in total. The summed E-state index contributed by atoms with van der Waals surface area (Å²) in [4.78, 5) is 39.0. The fraction of sp³-hybridized carbons (Fsp3) is 0.308. The fourth-order valence-electron chi connectivity index (χ4n) is 4.79. The molecular weight excluding hydrogens is 418 g/mol. The number of carbonyl (C=O) groups excluding carboxylic acids is 3. The van der Waals surface area contributed by atoms with E-state index in [1.54, 1.807) is 4.68 Å². The van der Waals surface area contributed by atoms with Gasteiger partial charge in [-0.05, 0) is 25.0 Å². The molecule has 7 heteroatoms. The van der Waals surface area contributed by atoms with Gasteiger partial charge in [-0.25, -0.2) is 4.68 Å². The molecular formula is C26H25N3O4. The molecule has 168 valence electrons. The van der Waals surface area contributed by atoms with Gasteiger partial charge in [-0.2, -0.15) is 5.10 Å². The summed E-state index contributed by atoms with van der Waals surface area (Å²) >= 11 is 0. The summed E-state index contributed by atoms with van der Waals surface area (Å²) in [5.41, 5.74) is 3.26.